The highest BCUT2D eigenvalue weighted by Gasteiger charge is 2.13. The number of hydrogen-bond donors (Lipinski definition) is 1. The Morgan fingerprint density at radius 2 is 2.00 bits per heavy atom. The molecule has 5 heteroatoms. The Kier molecular flexibility index (Phi) is 5.33. The van der Waals surface area contributed by atoms with Gasteiger partial charge in [0, 0.05) is 19.0 Å². The Labute approximate surface area is 126 Å². The molecule has 0 spiro atoms. The quantitative estimate of drug-likeness (QED) is 0.847. The minimum Gasteiger partial charge on any atom is -0.496 e. The van der Waals surface area contributed by atoms with Crippen molar-refractivity contribution in [2.45, 2.75) is 39.3 Å². The Hall–Kier alpha value is -1.88. The zero-order chi connectivity index (χ0) is 15.2. The number of aromatic nitrogens is 3. The van der Waals surface area contributed by atoms with Crippen LogP contribution in [0.5, 0.6) is 5.75 Å². The van der Waals surface area contributed by atoms with Gasteiger partial charge in [0.15, 0.2) is 0 Å². The molecule has 2 aromatic rings. The number of nitrogens with zero attached hydrogens (tertiary/aromatic N) is 3. The molecule has 0 saturated heterocycles. The normalized spacial score (nSPS) is 12.6. The van der Waals surface area contributed by atoms with Crippen molar-refractivity contribution in [3.05, 3.63) is 42.0 Å². The average Bonchev–Trinajstić information content (AvgIpc) is 2.85. The van der Waals surface area contributed by atoms with Crippen molar-refractivity contribution in [3.8, 4) is 5.75 Å². The predicted octanol–water partition coefficient (Wildman–Crippen LogP) is 2.06. The van der Waals surface area contributed by atoms with Crippen molar-refractivity contribution in [1.29, 1.82) is 0 Å². The van der Waals surface area contributed by atoms with Crippen LogP contribution in [0, 0.1) is 5.92 Å². The van der Waals surface area contributed by atoms with Gasteiger partial charge < -0.3 is 10.5 Å². The van der Waals surface area contributed by atoms with E-state index < -0.39 is 0 Å². The van der Waals surface area contributed by atoms with Crippen molar-refractivity contribution in [2.24, 2.45) is 11.7 Å². The molecule has 1 unspecified atom stereocenters. The molecule has 0 fully saturated rings. The molecule has 0 radical (unpaired) electrons. The van der Waals surface area contributed by atoms with Gasteiger partial charge in [0.1, 0.15) is 17.9 Å². The Morgan fingerprint density at radius 1 is 1.24 bits per heavy atom. The zero-order valence-corrected chi connectivity index (χ0v) is 13.0. The van der Waals surface area contributed by atoms with Crippen LogP contribution in [-0.2, 0) is 19.4 Å². The summed E-state index contributed by atoms with van der Waals surface area (Å²) in [5.41, 5.74) is 7.41. The third-order valence-electron chi connectivity index (χ3n) is 3.35. The maximum atomic E-state index is 6.28. The minimum absolute atomic E-state index is 0.00332. The summed E-state index contributed by atoms with van der Waals surface area (Å²) in [5.74, 6) is 2.37. The SMILES string of the molecule is COc1ccccc1CC(N)Cc1ncnn1CC(C)C. The molecule has 2 N–H and O–H groups in total. The number of nitrogens with two attached hydrogens (primary N) is 1. The molecule has 114 valence electrons. The number of benzene rings is 1. The third-order valence-corrected chi connectivity index (χ3v) is 3.35. The predicted molar refractivity (Wildman–Crippen MR) is 83.2 cm³/mol. The van der Waals surface area contributed by atoms with Gasteiger partial charge in [-0.3, -0.25) is 0 Å². The summed E-state index contributed by atoms with van der Waals surface area (Å²) in [6.07, 6.45) is 3.08. The molecular weight excluding hydrogens is 264 g/mol. The number of hydrogen-bond acceptors (Lipinski definition) is 4. The second kappa shape index (κ2) is 7.22. The molecule has 0 aliphatic rings. The van der Waals surface area contributed by atoms with Gasteiger partial charge in [-0.05, 0) is 24.0 Å². The Balaban J connectivity index is 2.02. The maximum absolute atomic E-state index is 6.28. The van der Waals surface area contributed by atoms with Gasteiger partial charge in [-0.1, -0.05) is 32.0 Å². The van der Waals surface area contributed by atoms with Crippen LogP contribution in [0.25, 0.3) is 0 Å². The molecule has 0 bridgehead atoms. The lowest BCUT2D eigenvalue weighted by Crippen LogP contribution is -2.28. The zero-order valence-electron chi connectivity index (χ0n) is 13.0. The first-order chi connectivity index (χ1) is 10.1. The van der Waals surface area contributed by atoms with Crippen LogP contribution < -0.4 is 10.5 Å². The van der Waals surface area contributed by atoms with Crippen LogP contribution in [0.4, 0.5) is 0 Å². The van der Waals surface area contributed by atoms with Crippen LogP contribution in [0.3, 0.4) is 0 Å². The summed E-state index contributed by atoms with van der Waals surface area (Å²) in [6.45, 7) is 5.21. The molecular formula is C16H24N4O. The van der Waals surface area contributed by atoms with Crippen molar-refractivity contribution in [2.75, 3.05) is 7.11 Å². The summed E-state index contributed by atoms with van der Waals surface area (Å²) >= 11 is 0. The van der Waals surface area contributed by atoms with Crippen LogP contribution in [-0.4, -0.2) is 27.9 Å². The van der Waals surface area contributed by atoms with Crippen molar-refractivity contribution < 1.29 is 4.74 Å². The van der Waals surface area contributed by atoms with Gasteiger partial charge in [0.2, 0.25) is 0 Å². The van der Waals surface area contributed by atoms with E-state index in [9.17, 15) is 0 Å². The number of methoxy groups -OCH3 is 1. The van der Waals surface area contributed by atoms with Crippen LogP contribution in [0.1, 0.15) is 25.2 Å². The first-order valence-corrected chi connectivity index (χ1v) is 7.34. The number of ether oxygens (including phenoxy) is 1. The highest BCUT2D eigenvalue weighted by Crippen LogP contribution is 2.19. The van der Waals surface area contributed by atoms with E-state index in [4.69, 9.17) is 10.5 Å². The molecule has 0 aliphatic carbocycles. The van der Waals surface area contributed by atoms with E-state index in [1.165, 1.54) is 0 Å². The number of para-hydroxylation sites is 1. The van der Waals surface area contributed by atoms with Gasteiger partial charge in [0.05, 0.1) is 7.11 Å². The smallest absolute Gasteiger partial charge is 0.138 e. The minimum atomic E-state index is -0.00332. The molecule has 0 saturated carbocycles. The Bertz CT molecular complexity index is 565. The van der Waals surface area contributed by atoms with E-state index in [1.54, 1.807) is 13.4 Å². The van der Waals surface area contributed by atoms with Crippen LogP contribution in [0.15, 0.2) is 30.6 Å². The van der Waals surface area contributed by atoms with Crippen molar-refractivity contribution in [3.63, 3.8) is 0 Å². The van der Waals surface area contributed by atoms with Gasteiger partial charge in [-0.25, -0.2) is 9.67 Å². The van der Waals surface area contributed by atoms with E-state index >= 15 is 0 Å². The van der Waals surface area contributed by atoms with Crippen LogP contribution in [0.2, 0.25) is 0 Å². The highest BCUT2D eigenvalue weighted by molar-refractivity contribution is 5.33. The molecule has 2 rings (SSSR count). The second-order valence-corrected chi connectivity index (χ2v) is 5.73. The molecule has 1 atom stereocenters. The summed E-state index contributed by atoms with van der Waals surface area (Å²) < 4.78 is 7.32. The molecule has 1 aromatic heterocycles. The first-order valence-electron chi connectivity index (χ1n) is 7.34. The lowest BCUT2D eigenvalue weighted by Gasteiger charge is -2.15. The fourth-order valence-electron chi connectivity index (χ4n) is 2.41. The van der Waals surface area contributed by atoms with E-state index in [-0.39, 0.29) is 6.04 Å². The third kappa shape index (κ3) is 4.29. The molecule has 1 heterocycles. The summed E-state index contributed by atoms with van der Waals surface area (Å²) in [5, 5.41) is 4.28. The highest BCUT2D eigenvalue weighted by atomic mass is 16.5. The Morgan fingerprint density at radius 3 is 2.71 bits per heavy atom. The maximum Gasteiger partial charge on any atom is 0.138 e. The number of rotatable bonds is 7. The summed E-state index contributed by atoms with van der Waals surface area (Å²) in [7, 11) is 1.68. The van der Waals surface area contributed by atoms with Crippen molar-refractivity contribution >= 4 is 0 Å². The fraction of sp³-hybridized carbons (Fsp3) is 0.500. The summed E-state index contributed by atoms with van der Waals surface area (Å²) in [4.78, 5) is 4.33. The second-order valence-electron chi connectivity index (χ2n) is 5.73. The van der Waals surface area contributed by atoms with E-state index in [2.05, 4.69) is 30.0 Å². The topological polar surface area (TPSA) is 66.0 Å². The van der Waals surface area contributed by atoms with E-state index in [0.29, 0.717) is 12.3 Å². The molecule has 1 aromatic carbocycles. The van der Waals surface area contributed by atoms with Gasteiger partial charge in [0.25, 0.3) is 0 Å². The lowest BCUT2D eigenvalue weighted by molar-refractivity contribution is 0.407. The largest absolute Gasteiger partial charge is 0.496 e. The average molecular weight is 288 g/mol. The molecule has 0 aliphatic heterocycles. The van der Waals surface area contributed by atoms with E-state index in [0.717, 1.165) is 30.1 Å². The lowest BCUT2D eigenvalue weighted by atomic mass is 10.0. The fourth-order valence-corrected chi connectivity index (χ4v) is 2.41. The first kappa shape index (κ1) is 15.5. The molecule has 0 amide bonds. The standard InChI is InChI=1S/C16H24N4O/c1-12(2)10-20-16(18-11-19-20)9-14(17)8-13-6-4-5-7-15(13)21-3/h4-7,11-12,14H,8-10,17H2,1-3H3. The monoisotopic (exact) mass is 288 g/mol. The van der Waals surface area contributed by atoms with Gasteiger partial charge >= 0.3 is 0 Å². The van der Waals surface area contributed by atoms with Gasteiger partial charge in [-0.15, -0.1) is 0 Å². The molecule has 5 nitrogen and oxygen atoms in total. The molecule has 21 heavy (non-hydrogen) atoms. The van der Waals surface area contributed by atoms with Crippen molar-refractivity contribution in [1.82, 2.24) is 14.8 Å². The van der Waals surface area contributed by atoms with Crippen LogP contribution >= 0.6 is 0 Å². The summed E-state index contributed by atoms with van der Waals surface area (Å²) in [6, 6.07) is 7.98. The van der Waals surface area contributed by atoms with E-state index in [1.807, 2.05) is 22.9 Å². The van der Waals surface area contributed by atoms with Gasteiger partial charge in [-0.2, -0.15) is 5.10 Å².